The van der Waals surface area contributed by atoms with Crippen LogP contribution in [0.3, 0.4) is 0 Å². The lowest BCUT2D eigenvalue weighted by Gasteiger charge is -2.32. The van der Waals surface area contributed by atoms with Crippen LogP contribution in [0.25, 0.3) is 0 Å². The molecule has 1 unspecified atom stereocenters. The van der Waals surface area contributed by atoms with Crippen LogP contribution in [0.1, 0.15) is 47.9 Å². The lowest BCUT2D eigenvalue weighted by atomic mass is 9.90. The Labute approximate surface area is 197 Å². The van der Waals surface area contributed by atoms with Gasteiger partial charge in [-0.25, -0.2) is 4.79 Å². The van der Waals surface area contributed by atoms with Gasteiger partial charge < -0.3 is 19.7 Å². The van der Waals surface area contributed by atoms with Crippen molar-refractivity contribution in [3.05, 3.63) is 64.7 Å². The summed E-state index contributed by atoms with van der Waals surface area (Å²) in [5, 5.41) is 3.11. The number of nitrogens with one attached hydrogen (secondary N) is 1. The number of amides is 1. The summed E-state index contributed by atoms with van der Waals surface area (Å²) in [7, 11) is 0. The third kappa shape index (κ3) is 6.88. The number of likely N-dealkylation sites (tertiary alicyclic amines) is 1. The lowest BCUT2D eigenvalue weighted by Crippen LogP contribution is -2.39. The minimum Gasteiger partial charge on any atom is -0.465 e. The predicted molar refractivity (Wildman–Crippen MR) is 121 cm³/mol. The van der Waals surface area contributed by atoms with Gasteiger partial charge in [-0.3, -0.25) is 4.79 Å². The molecule has 34 heavy (non-hydrogen) atoms. The number of halogens is 3. The molecule has 1 atom stereocenters. The summed E-state index contributed by atoms with van der Waals surface area (Å²) < 4.78 is 48.4. The first-order chi connectivity index (χ1) is 16.2. The number of ether oxygens (including phenoxy) is 2. The molecule has 0 bridgehead atoms. The minimum absolute atomic E-state index is 0.0746. The van der Waals surface area contributed by atoms with E-state index < -0.39 is 17.8 Å². The van der Waals surface area contributed by atoms with E-state index in [9.17, 15) is 22.8 Å². The Kier molecular flexibility index (Phi) is 8.41. The normalized spacial score (nSPS) is 16.1. The Balaban J connectivity index is 1.57. The zero-order valence-corrected chi connectivity index (χ0v) is 19.3. The first-order valence-electron chi connectivity index (χ1n) is 11.2. The zero-order valence-electron chi connectivity index (χ0n) is 19.3. The van der Waals surface area contributed by atoms with E-state index in [1.807, 2.05) is 25.1 Å². The van der Waals surface area contributed by atoms with Crippen molar-refractivity contribution < 1.29 is 32.2 Å². The van der Waals surface area contributed by atoms with Gasteiger partial charge in [0.15, 0.2) is 0 Å². The molecule has 3 rings (SSSR count). The molecular formula is C25H29F3N2O4. The van der Waals surface area contributed by atoms with Gasteiger partial charge in [0.2, 0.25) is 0 Å². The second-order valence-corrected chi connectivity index (χ2v) is 8.27. The van der Waals surface area contributed by atoms with Gasteiger partial charge in [0.1, 0.15) is 13.2 Å². The number of carbonyl (C=O) groups is 2. The van der Waals surface area contributed by atoms with E-state index in [4.69, 9.17) is 9.47 Å². The molecule has 2 aromatic rings. The molecule has 0 aromatic heterocycles. The number of esters is 1. The highest BCUT2D eigenvalue weighted by molar-refractivity contribution is 5.75. The number of hydrogen-bond donors (Lipinski definition) is 1. The lowest BCUT2D eigenvalue weighted by molar-refractivity contribution is -0.141. The smallest absolute Gasteiger partial charge is 0.416 e. The topological polar surface area (TPSA) is 67.9 Å². The Bertz CT molecular complexity index is 993. The number of alkyl halides is 3. The van der Waals surface area contributed by atoms with Crippen LogP contribution < -0.4 is 5.32 Å². The molecule has 9 heteroatoms. The van der Waals surface area contributed by atoms with Crippen LogP contribution in [0.15, 0.2) is 42.5 Å². The molecule has 2 aromatic carbocycles. The van der Waals surface area contributed by atoms with Crippen LogP contribution in [0, 0.1) is 6.92 Å². The van der Waals surface area contributed by atoms with Crippen LogP contribution in [-0.2, 0) is 27.1 Å². The van der Waals surface area contributed by atoms with Crippen molar-refractivity contribution in [3.8, 4) is 0 Å². The number of carbonyl (C=O) groups excluding carboxylic acids is 2. The summed E-state index contributed by atoms with van der Waals surface area (Å²) in [6.45, 7) is 5.05. The summed E-state index contributed by atoms with van der Waals surface area (Å²) in [4.78, 5) is 25.9. The molecule has 1 heterocycles. The van der Waals surface area contributed by atoms with Gasteiger partial charge in [0.05, 0.1) is 12.2 Å². The summed E-state index contributed by atoms with van der Waals surface area (Å²) >= 11 is 0. The first kappa shape index (κ1) is 25.4. The number of aryl methyl sites for hydroxylation is 1. The van der Waals surface area contributed by atoms with E-state index in [0.717, 1.165) is 41.8 Å². The molecule has 1 aliphatic rings. The SMILES string of the molecule is CCOC(=O)CNc1cc(C2CCCN(C(=O)OCc3ccc(C(F)(F)F)cc3)C2)ccc1C. The van der Waals surface area contributed by atoms with Crippen molar-refractivity contribution in [2.45, 2.75) is 45.4 Å². The fraction of sp³-hybridized carbons (Fsp3) is 0.440. The molecule has 6 nitrogen and oxygen atoms in total. The standard InChI is InChI=1S/C25H29F3N2O4/c1-3-33-23(31)14-29-22-13-19(9-6-17(22)2)20-5-4-12-30(15-20)24(32)34-16-18-7-10-21(11-8-18)25(26,27)28/h6-11,13,20,29H,3-5,12,14-16H2,1-2H3. The highest BCUT2D eigenvalue weighted by atomic mass is 19.4. The van der Waals surface area contributed by atoms with E-state index in [2.05, 4.69) is 5.32 Å². The number of nitrogens with zero attached hydrogens (tertiary/aromatic N) is 1. The van der Waals surface area contributed by atoms with E-state index in [1.165, 1.54) is 12.1 Å². The fourth-order valence-corrected chi connectivity index (χ4v) is 3.90. The quantitative estimate of drug-likeness (QED) is 0.532. The average Bonchev–Trinajstić information content (AvgIpc) is 2.82. The second kappa shape index (κ2) is 11.3. The van der Waals surface area contributed by atoms with Crippen molar-refractivity contribution in [2.24, 2.45) is 0 Å². The monoisotopic (exact) mass is 478 g/mol. The molecule has 0 radical (unpaired) electrons. The summed E-state index contributed by atoms with van der Waals surface area (Å²) in [6, 6.07) is 10.6. The third-order valence-electron chi connectivity index (χ3n) is 5.78. The number of anilines is 1. The molecule has 1 amide bonds. The maximum atomic E-state index is 12.7. The van der Waals surface area contributed by atoms with E-state index in [0.29, 0.717) is 25.3 Å². The van der Waals surface area contributed by atoms with Gasteiger partial charge in [-0.2, -0.15) is 13.2 Å². The molecule has 0 saturated carbocycles. The molecule has 1 N–H and O–H groups in total. The highest BCUT2D eigenvalue weighted by Crippen LogP contribution is 2.31. The Morgan fingerprint density at radius 2 is 1.85 bits per heavy atom. The highest BCUT2D eigenvalue weighted by Gasteiger charge is 2.30. The van der Waals surface area contributed by atoms with Crippen LogP contribution in [0.4, 0.5) is 23.7 Å². The van der Waals surface area contributed by atoms with Crippen LogP contribution in [0.2, 0.25) is 0 Å². The summed E-state index contributed by atoms with van der Waals surface area (Å²) in [6.07, 6.45) is -3.18. The predicted octanol–water partition coefficient (Wildman–Crippen LogP) is 5.51. The van der Waals surface area contributed by atoms with Gasteiger partial charge in [-0.05, 0) is 61.6 Å². The Morgan fingerprint density at radius 1 is 1.12 bits per heavy atom. The Morgan fingerprint density at radius 3 is 2.53 bits per heavy atom. The molecule has 1 fully saturated rings. The van der Waals surface area contributed by atoms with Crippen LogP contribution >= 0.6 is 0 Å². The van der Waals surface area contributed by atoms with Crippen LogP contribution in [0.5, 0.6) is 0 Å². The van der Waals surface area contributed by atoms with Gasteiger partial charge in [0.25, 0.3) is 0 Å². The van der Waals surface area contributed by atoms with E-state index in [1.54, 1.807) is 11.8 Å². The first-order valence-corrected chi connectivity index (χ1v) is 11.2. The van der Waals surface area contributed by atoms with Crippen LogP contribution in [-0.4, -0.2) is 43.2 Å². The van der Waals surface area contributed by atoms with Crippen molar-refractivity contribution in [1.82, 2.24) is 4.90 Å². The molecule has 184 valence electrons. The van der Waals surface area contributed by atoms with E-state index >= 15 is 0 Å². The van der Waals surface area contributed by atoms with Crippen molar-refractivity contribution in [3.63, 3.8) is 0 Å². The number of piperidine rings is 1. The second-order valence-electron chi connectivity index (χ2n) is 8.27. The maximum absolute atomic E-state index is 12.7. The third-order valence-corrected chi connectivity index (χ3v) is 5.78. The number of rotatable bonds is 7. The maximum Gasteiger partial charge on any atom is 0.416 e. The fourth-order valence-electron chi connectivity index (χ4n) is 3.90. The zero-order chi connectivity index (χ0) is 24.7. The Hall–Kier alpha value is -3.23. The average molecular weight is 479 g/mol. The minimum atomic E-state index is -4.40. The molecule has 0 aliphatic carbocycles. The number of benzene rings is 2. The molecule has 0 spiro atoms. The van der Waals surface area contributed by atoms with Crippen molar-refractivity contribution in [2.75, 3.05) is 31.6 Å². The van der Waals surface area contributed by atoms with Gasteiger partial charge >= 0.3 is 18.2 Å². The van der Waals surface area contributed by atoms with Crippen molar-refractivity contribution >= 4 is 17.7 Å². The molecular weight excluding hydrogens is 449 g/mol. The van der Waals surface area contributed by atoms with Gasteiger partial charge in [0, 0.05) is 24.7 Å². The summed E-state index contributed by atoms with van der Waals surface area (Å²) in [5.74, 6) is -0.219. The van der Waals surface area contributed by atoms with E-state index in [-0.39, 0.29) is 25.0 Å². The molecule has 1 saturated heterocycles. The van der Waals surface area contributed by atoms with Crippen molar-refractivity contribution in [1.29, 1.82) is 0 Å². The summed E-state index contributed by atoms with van der Waals surface area (Å²) in [5.41, 5.74) is 2.64. The number of hydrogen-bond acceptors (Lipinski definition) is 5. The van der Waals surface area contributed by atoms with Gasteiger partial charge in [-0.15, -0.1) is 0 Å². The molecule has 1 aliphatic heterocycles. The largest absolute Gasteiger partial charge is 0.465 e. The van der Waals surface area contributed by atoms with Gasteiger partial charge in [-0.1, -0.05) is 24.3 Å².